The maximum atomic E-state index is 13.7. The van der Waals surface area contributed by atoms with Crippen LogP contribution in [0, 0.1) is 0 Å². The molecule has 0 fully saturated rings. The smallest absolute Gasteiger partial charge is 0.430 e. The average Bonchev–Trinajstić information content (AvgIpc) is 2.80. The number of ether oxygens (including phenoxy) is 1. The molecule has 0 saturated heterocycles. The molecule has 0 aromatic heterocycles. The topological polar surface area (TPSA) is 82.0 Å². The summed E-state index contributed by atoms with van der Waals surface area (Å²) in [6.45, 7) is 0. The second-order valence-corrected chi connectivity index (χ2v) is 8.95. The van der Waals surface area contributed by atoms with Crippen molar-refractivity contribution in [2.24, 2.45) is 0 Å². The lowest BCUT2D eigenvalue weighted by Gasteiger charge is -2.38. The number of fused-ring (bicyclic) bond motifs is 2. The lowest BCUT2D eigenvalue weighted by molar-refractivity contribution is -0.378. The Morgan fingerprint density at radius 2 is 0.818 bits per heavy atom. The molecular weight excluding hydrogens is 672 g/mol. The molecule has 4 N–H and O–H groups in total. The first-order valence-electron chi connectivity index (χ1n) is 10.6. The molecule has 5 nitrogen and oxygen atoms in total. The van der Waals surface area contributed by atoms with E-state index in [4.69, 9.17) is 0 Å². The van der Waals surface area contributed by atoms with Gasteiger partial charge < -0.3 is 25.4 Å². The Bertz CT molecular complexity index is 1390. The molecule has 44 heavy (non-hydrogen) atoms. The van der Waals surface area contributed by atoms with Crippen molar-refractivity contribution in [3.8, 4) is 11.5 Å². The van der Waals surface area contributed by atoms with Gasteiger partial charge in [0.05, 0.1) is 11.4 Å². The van der Waals surface area contributed by atoms with Crippen molar-refractivity contribution in [1.82, 2.24) is 0 Å². The molecule has 0 bridgehead atoms. The molecule has 23 heteroatoms. The maximum absolute atomic E-state index is 13.7. The van der Waals surface area contributed by atoms with E-state index in [-0.39, 0.29) is 12.1 Å². The Morgan fingerprint density at radius 3 is 1.20 bits per heavy atom. The van der Waals surface area contributed by atoms with E-state index in [1.54, 1.807) is 0 Å². The number of anilines is 2. The Morgan fingerprint density at radius 1 is 0.455 bits per heavy atom. The second kappa shape index (κ2) is 9.58. The second-order valence-electron chi connectivity index (χ2n) is 8.95. The van der Waals surface area contributed by atoms with Crippen LogP contribution in [0.4, 0.5) is 90.4 Å². The van der Waals surface area contributed by atoms with Gasteiger partial charge in [0, 0.05) is 16.7 Å². The zero-order valence-corrected chi connectivity index (χ0v) is 19.9. The molecule has 0 saturated carbocycles. The molecule has 1 aliphatic heterocycles. The molecule has 0 atom stereocenters. The third-order valence-corrected chi connectivity index (χ3v) is 6.25. The highest BCUT2D eigenvalue weighted by Gasteiger charge is 2.75. The largest absolute Gasteiger partial charge is 0.453 e. The SMILES string of the molecule is OC(c1ccc2c(c1)Oc1cc(C(O)(C(F)(F)F)C(F)(F)F)cc(C(O)(C(F)(F)F)C(F)(F)F)c1N2)(C(F)(F)F)C(F)(F)F. The summed E-state index contributed by atoms with van der Waals surface area (Å²) in [7, 11) is 0. The van der Waals surface area contributed by atoms with Gasteiger partial charge in [0.15, 0.2) is 11.5 Å². The third kappa shape index (κ3) is 4.91. The van der Waals surface area contributed by atoms with Gasteiger partial charge in [-0.3, -0.25) is 0 Å². The van der Waals surface area contributed by atoms with Crippen LogP contribution in [0.1, 0.15) is 16.7 Å². The van der Waals surface area contributed by atoms with Gasteiger partial charge in [-0.2, -0.15) is 79.0 Å². The van der Waals surface area contributed by atoms with Crippen molar-refractivity contribution in [1.29, 1.82) is 0 Å². The number of hydrogen-bond acceptors (Lipinski definition) is 5. The fraction of sp³-hybridized carbons (Fsp3) is 0.429. The fourth-order valence-corrected chi connectivity index (χ4v) is 3.95. The Balaban J connectivity index is 2.46. The first kappa shape index (κ1) is 35.1. The molecule has 0 amide bonds. The summed E-state index contributed by atoms with van der Waals surface area (Å²) >= 11 is 0. The van der Waals surface area contributed by atoms with E-state index in [9.17, 15) is 94.3 Å². The number of alkyl halides is 18. The molecular formula is C21H9F18NO4. The van der Waals surface area contributed by atoms with E-state index in [1.165, 1.54) is 5.32 Å². The first-order valence-corrected chi connectivity index (χ1v) is 10.6. The summed E-state index contributed by atoms with van der Waals surface area (Å²) in [5.41, 5.74) is -29.5. The minimum Gasteiger partial charge on any atom is -0.453 e. The number of rotatable bonds is 3. The summed E-state index contributed by atoms with van der Waals surface area (Å²) in [6, 6.07) is -2.42. The van der Waals surface area contributed by atoms with Crippen LogP contribution in [-0.4, -0.2) is 52.4 Å². The van der Waals surface area contributed by atoms with Crippen LogP contribution >= 0.6 is 0 Å². The normalized spacial score (nSPS) is 15.8. The third-order valence-electron chi connectivity index (χ3n) is 6.25. The van der Waals surface area contributed by atoms with E-state index >= 15 is 0 Å². The molecule has 1 aliphatic rings. The summed E-state index contributed by atoms with van der Waals surface area (Å²) in [6.07, 6.45) is -41.1. The predicted octanol–water partition coefficient (Wildman–Crippen LogP) is 7.47. The average molecular weight is 681 g/mol. The lowest BCUT2D eigenvalue weighted by atomic mass is 9.83. The van der Waals surface area contributed by atoms with Crippen LogP contribution in [-0.2, 0) is 16.8 Å². The highest BCUT2D eigenvalue weighted by molar-refractivity contribution is 5.80. The molecule has 1 heterocycles. The molecule has 0 unspecified atom stereocenters. The van der Waals surface area contributed by atoms with E-state index in [0.29, 0.717) is 0 Å². The fourth-order valence-electron chi connectivity index (χ4n) is 3.95. The zero-order valence-electron chi connectivity index (χ0n) is 19.9. The number of hydrogen-bond donors (Lipinski definition) is 4. The van der Waals surface area contributed by atoms with Crippen molar-refractivity contribution in [3.63, 3.8) is 0 Å². The van der Waals surface area contributed by atoms with Gasteiger partial charge in [0.25, 0.3) is 16.8 Å². The molecule has 248 valence electrons. The van der Waals surface area contributed by atoms with E-state index in [2.05, 4.69) is 4.74 Å². The molecule has 0 aliphatic carbocycles. The number of aliphatic hydroxyl groups is 3. The van der Waals surface area contributed by atoms with Crippen LogP contribution in [0.2, 0.25) is 0 Å². The quantitative estimate of drug-likeness (QED) is 0.216. The summed E-state index contributed by atoms with van der Waals surface area (Å²) in [4.78, 5) is 0. The monoisotopic (exact) mass is 681 g/mol. The van der Waals surface area contributed by atoms with Gasteiger partial charge in [-0.25, -0.2) is 0 Å². The zero-order chi connectivity index (χ0) is 34.5. The van der Waals surface area contributed by atoms with Crippen molar-refractivity contribution in [2.75, 3.05) is 5.32 Å². The summed E-state index contributed by atoms with van der Waals surface area (Å²) in [5, 5.41) is 30.5. The van der Waals surface area contributed by atoms with E-state index < -0.39 is 112 Å². The summed E-state index contributed by atoms with van der Waals surface area (Å²) in [5.74, 6) is -3.56. The van der Waals surface area contributed by atoms with Crippen LogP contribution in [0.5, 0.6) is 11.5 Å². The maximum Gasteiger partial charge on any atom is 0.430 e. The van der Waals surface area contributed by atoms with Gasteiger partial charge >= 0.3 is 37.1 Å². The minimum atomic E-state index is -7.01. The van der Waals surface area contributed by atoms with Gasteiger partial charge in [-0.1, -0.05) is 6.07 Å². The molecule has 3 rings (SSSR count). The Kier molecular flexibility index (Phi) is 7.65. The number of nitrogens with one attached hydrogen (secondary N) is 1. The minimum absolute atomic E-state index is 0.0374. The lowest BCUT2D eigenvalue weighted by Crippen LogP contribution is -2.56. The van der Waals surface area contributed by atoms with Crippen LogP contribution in [0.15, 0.2) is 30.3 Å². The van der Waals surface area contributed by atoms with Gasteiger partial charge in [-0.15, -0.1) is 0 Å². The predicted molar refractivity (Wildman–Crippen MR) is 104 cm³/mol. The van der Waals surface area contributed by atoms with Crippen molar-refractivity contribution in [2.45, 2.75) is 53.9 Å². The van der Waals surface area contributed by atoms with E-state index in [1.807, 2.05) is 0 Å². The standard InChI is InChI=1S/C21H9F18NO4/c22-16(23,24)13(41,17(25,26)27)6-1-2-9-10(4-6)44-11-5-7(14(42,18(28,29)30)19(31,32)33)3-8(12(11)40-9)15(43,20(34,35)36)21(37,38)39/h1-5,40-43H. The highest BCUT2D eigenvalue weighted by Crippen LogP contribution is 2.59. The summed E-state index contributed by atoms with van der Waals surface area (Å²) < 4.78 is 247. The van der Waals surface area contributed by atoms with Crippen LogP contribution in [0.3, 0.4) is 0 Å². The van der Waals surface area contributed by atoms with Gasteiger partial charge in [0.1, 0.15) is 0 Å². The number of halogens is 18. The van der Waals surface area contributed by atoms with Gasteiger partial charge in [0.2, 0.25) is 0 Å². The molecule has 2 aromatic rings. The number of benzene rings is 2. The molecule has 0 spiro atoms. The van der Waals surface area contributed by atoms with Crippen LogP contribution < -0.4 is 10.1 Å². The Hall–Kier alpha value is -3.34. The van der Waals surface area contributed by atoms with E-state index in [0.717, 1.165) is 0 Å². The van der Waals surface area contributed by atoms with Crippen LogP contribution in [0.25, 0.3) is 0 Å². The Labute approximate surface area is 229 Å². The van der Waals surface area contributed by atoms with Gasteiger partial charge in [-0.05, 0) is 24.3 Å². The first-order chi connectivity index (χ1) is 19.3. The van der Waals surface area contributed by atoms with Crippen molar-refractivity contribution >= 4 is 11.4 Å². The highest BCUT2D eigenvalue weighted by atomic mass is 19.4. The molecule has 0 radical (unpaired) electrons. The van der Waals surface area contributed by atoms with Crippen molar-refractivity contribution in [3.05, 3.63) is 47.0 Å². The van der Waals surface area contributed by atoms with Crippen molar-refractivity contribution < 1.29 is 99.1 Å². The molecule has 2 aromatic carbocycles.